The molecule has 2 atom stereocenters. The van der Waals surface area contributed by atoms with E-state index in [-0.39, 0.29) is 11.9 Å². The standard InChI is InChI=1S/C12H14O3/c13-11(10-6-7-15-12(10)14)8-9-4-2-1-3-5-9/h1-5,10-11,13H,6-8H2/t10-,11-/m1/s1. The van der Waals surface area contributed by atoms with Crippen molar-refractivity contribution in [3.63, 3.8) is 0 Å². The molecule has 0 aliphatic carbocycles. The van der Waals surface area contributed by atoms with Gasteiger partial charge in [-0.2, -0.15) is 0 Å². The molecule has 0 spiro atoms. The van der Waals surface area contributed by atoms with Gasteiger partial charge >= 0.3 is 5.97 Å². The van der Waals surface area contributed by atoms with Crippen molar-refractivity contribution in [2.75, 3.05) is 6.61 Å². The smallest absolute Gasteiger partial charge is 0.311 e. The molecule has 1 aliphatic rings. The maximum Gasteiger partial charge on any atom is 0.311 e. The Hall–Kier alpha value is -1.35. The molecule has 0 radical (unpaired) electrons. The summed E-state index contributed by atoms with van der Waals surface area (Å²) in [6.45, 7) is 0.440. The molecule has 80 valence electrons. The molecule has 1 saturated heterocycles. The monoisotopic (exact) mass is 206 g/mol. The van der Waals surface area contributed by atoms with E-state index in [0.717, 1.165) is 5.56 Å². The van der Waals surface area contributed by atoms with Crippen LogP contribution in [0.5, 0.6) is 0 Å². The molecule has 0 unspecified atom stereocenters. The third-order valence-corrected chi connectivity index (χ3v) is 2.73. The van der Waals surface area contributed by atoms with Crippen molar-refractivity contribution < 1.29 is 14.6 Å². The lowest BCUT2D eigenvalue weighted by Gasteiger charge is -2.14. The van der Waals surface area contributed by atoms with Crippen molar-refractivity contribution >= 4 is 5.97 Å². The molecule has 1 aliphatic heterocycles. The summed E-state index contributed by atoms with van der Waals surface area (Å²) in [5.41, 5.74) is 1.05. The van der Waals surface area contributed by atoms with E-state index in [1.54, 1.807) is 0 Å². The van der Waals surface area contributed by atoms with Gasteiger partial charge in [0.1, 0.15) is 0 Å². The lowest BCUT2D eigenvalue weighted by Crippen LogP contribution is -2.26. The van der Waals surface area contributed by atoms with Crippen LogP contribution in [0.15, 0.2) is 30.3 Å². The van der Waals surface area contributed by atoms with E-state index in [0.29, 0.717) is 19.4 Å². The minimum atomic E-state index is -0.623. The second-order valence-corrected chi connectivity index (χ2v) is 3.82. The summed E-state index contributed by atoms with van der Waals surface area (Å²) in [6.07, 6.45) is 0.523. The molecule has 0 aromatic heterocycles. The molecular weight excluding hydrogens is 192 g/mol. The van der Waals surface area contributed by atoms with E-state index in [1.807, 2.05) is 30.3 Å². The molecule has 1 heterocycles. The number of carbonyl (C=O) groups is 1. The van der Waals surface area contributed by atoms with Crippen LogP contribution < -0.4 is 0 Å². The van der Waals surface area contributed by atoms with Gasteiger partial charge in [-0.05, 0) is 18.4 Å². The van der Waals surface area contributed by atoms with Crippen molar-refractivity contribution in [3.05, 3.63) is 35.9 Å². The van der Waals surface area contributed by atoms with Gasteiger partial charge in [0.2, 0.25) is 0 Å². The second kappa shape index (κ2) is 4.45. The van der Waals surface area contributed by atoms with E-state index in [1.165, 1.54) is 0 Å². The van der Waals surface area contributed by atoms with Crippen molar-refractivity contribution in [3.8, 4) is 0 Å². The molecular formula is C12H14O3. The SMILES string of the molecule is O=C1OCC[C@@H]1[C@H](O)Cc1ccccc1. The summed E-state index contributed by atoms with van der Waals surface area (Å²) < 4.78 is 4.83. The number of esters is 1. The summed E-state index contributed by atoms with van der Waals surface area (Å²) in [5.74, 6) is -0.608. The van der Waals surface area contributed by atoms with Crippen molar-refractivity contribution in [1.82, 2.24) is 0 Å². The average molecular weight is 206 g/mol. The van der Waals surface area contributed by atoms with Crippen LogP contribution in [0.1, 0.15) is 12.0 Å². The van der Waals surface area contributed by atoms with E-state index < -0.39 is 6.10 Å². The van der Waals surface area contributed by atoms with Crippen molar-refractivity contribution in [2.45, 2.75) is 18.9 Å². The van der Waals surface area contributed by atoms with Crippen LogP contribution >= 0.6 is 0 Å². The zero-order valence-corrected chi connectivity index (χ0v) is 8.43. The number of benzene rings is 1. The summed E-state index contributed by atoms with van der Waals surface area (Å²) in [4.78, 5) is 11.2. The molecule has 0 amide bonds. The Labute approximate surface area is 88.7 Å². The predicted molar refractivity (Wildman–Crippen MR) is 55.2 cm³/mol. The quantitative estimate of drug-likeness (QED) is 0.755. The molecule has 2 rings (SSSR count). The van der Waals surface area contributed by atoms with Crippen LogP contribution in [0.25, 0.3) is 0 Å². The highest BCUT2D eigenvalue weighted by atomic mass is 16.5. The summed E-state index contributed by atoms with van der Waals surface area (Å²) in [6, 6.07) is 9.68. The van der Waals surface area contributed by atoms with Crippen LogP contribution in [0.2, 0.25) is 0 Å². The molecule has 1 aromatic carbocycles. The number of hydrogen-bond donors (Lipinski definition) is 1. The van der Waals surface area contributed by atoms with Crippen molar-refractivity contribution in [2.24, 2.45) is 5.92 Å². The number of rotatable bonds is 3. The Kier molecular flexibility index (Phi) is 3.02. The fraction of sp³-hybridized carbons (Fsp3) is 0.417. The van der Waals surface area contributed by atoms with Crippen LogP contribution in [-0.2, 0) is 16.0 Å². The molecule has 3 nitrogen and oxygen atoms in total. The van der Waals surface area contributed by atoms with E-state index in [2.05, 4.69) is 0 Å². The molecule has 1 aromatic rings. The Morgan fingerprint density at radius 1 is 1.40 bits per heavy atom. The van der Waals surface area contributed by atoms with Gasteiger partial charge in [0.05, 0.1) is 18.6 Å². The van der Waals surface area contributed by atoms with Crippen LogP contribution in [0.4, 0.5) is 0 Å². The minimum absolute atomic E-state index is 0.265. The van der Waals surface area contributed by atoms with E-state index >= 15 is 0 Å². The number of aliphatic hydroxyl groups excluding tert-OH is 1. The number of ether oxygens (including phenoxy) is 1. The molecule has 1 fully saturated rings. The highest BCUT2D eigenvalue weighted by molar-refractivity contribution is 5.74. The number of carbonyl (C=O) groups excluding carboxylic acids is 1. The minimum Gasteiger partial charge on any atom is -0.465 e. The largest absolute Gasteiger partial charge is 0.465 e. The van der Waals surface area contributed by atoms with Crippen molar-refractivity contribution in [1.29, 1.82) is 0 Å². The van der Waals surface area contributed by atoms with Gasteiger partial charge in [0, 0.05) is 0 Å². The third kappa shape index (κ3) is 2.36. The van der Waals surface area contributed by atoms with E-state index in [4.69, 9.17) is 4.74 Å². The number of cyclic esters (lactones) is 1. The molecule has 0 saturated carbocycles. The summed E-state index contributed by atoms with van der Waals surface area (Å²) >= 11 is 0. The third-order valence-electron chi connectivity index (χ3n) is 2.73. The first-order valence-corrected chi connectivity index (χ1v) is 5.16. The number of hydrogen-bond acceptors (Lipinski definition) is 3. The summed E-state index contributed by atoms with van der Waals surface area (Å²) in [5, 5.41) is 9.87. The van der Waals surface area contributed by atoms with Crippen LogP contribution in [0.3, 0.4) is 0 Å². The number of aliphatic hydroxyl groups is 1. The first-order valence-electron chi connectivity index (χ1n) is 5.16. The van der Waals surface area contributed by atoms with E-state index in [9.17, 15) is 9.90 Å². The van der Waals surface area contributed by atoms with Crippen LogP contribution in [0, 0.1) is 5.92 Å². The summed E-state index contributed by atoms with van der Waals surface area (Å²) in [7, 11) is 0. The van der Waals surface area contributed by atoms with Gasteiger partial charge in [-0.25, -0.2) is 0 Å². The highest BCUT2D eigenvalue weighted by Crippen LogP contribution is 2.21. The fourth-order valence-electron chi connectivity index (χ4n) is 1.86. The maximum absolute atomic E-state index is 11.2. The first-order chi connectivity index (χ1) is 7.27. The van der Waals surface area contributed by atoms with Gasteiger partial charge in [0.25, 0.3) is 0 Å². The molecule has 15 heavy (non-hydrogen) atoms. The highest BCUT2D eigenvalue weighted by Gasteiger charge is 2.32. The lowest BCUT2D eigenvalue weighted by molar-refractivity contribution is -0.143. The Bertz CT molecular complexity index is 334. The van der Waals surface area contributed by atoms with Gasteiger partial charge in [-0.3, -0.25) is 4.79 Å². The topological polar surface area (TPSA) is 46.5 Å². The lowest BCUT2D eigenvalue weighted by atomic mass is 9.95. The molecule has 0 bridgehead atoms. The van der Waals surface area contributed by atoms with Gasteiger partial charge in [0.15, 0.2) is 0 Å². The maximum atomic E-state index is 11.2. The van der Waals surface area contributed by atoms with Gasteiger partial charge < -0.3 is 9.84 Å². The fourth-order valence-corrected chi connectivity index (χ4v) is 1.86. The zero-order chi connectivity index (χ0) is 10.7. The van der Waals surface area contributed by atoms with Gasteiger partial charge in [-0.1, -0.05) is 30.3 Å². The predicted octanol–water partition coefficient (Wildman–Crippen LogP) is 1.15. The molecule has 3 heteroatoms. The Morgan fingerprint density at radius 3 is 2.73 bits per heavy atom. The Balaban J connectivity index is 1.97. The second-order valence-electron chi connectivity index (χ2n) is 3.82. The van der Waals surface area contributed by atoms with Gasteiger partial charge in [-0.15, -0.1) is 0 Å². The molecule has 1 N–H and O–H groups in total. The zero-order valence-electron chi connectivity index (χ0n) is 8.43. The normalized spacial score (nSPS) is 22.5. The Morgan fingerprint density at radius 2 is 2.13 bits per heavy atom. The average Bonchev–Trinajstić information content (AvgIpc) is 2.66. The first kappa shape index (κ1) is 10.2. The van der Waals surface area contributed by atoms with Crippen LogP contribution in [-0.4, -0.2) is 23.8 Å².